The fraction of sp³-hybridized carbons (Fsp3) is 0.467. The second-order valence-corrected chi connectivity index (χ2v) is 6.09. The Labute approximate surface area is 108 Å². The number of nitrogens with zero attached hydrogens (tertiary/aromatic N) is 1. The molecule has 1 aromatic heterocycles. The highest BCUT2D eigenvalue weighted by atomic mass is 32.2. The van der Waals surface area contributed by atoms with E-state index in [9.17, 15) is 0 Å². The summed E-state index contributed by atoms with van der Waals surface area (Å²) in [6, 6.07) is 7.32. The summed E-state index contributed by atoms with van der Waals surface area (Å²) in [7, 11) is 0. The van der Waals surface area contributed by atoms with Gasteiger partial charge in [-0.15, -0.1) is 0 Å². The summed E-state index contributed by atoms with van der Waals surface area (Å²) in [4.78, 5) is 0. The van der Waals surface area contributed by atoms with E-state index < -0.39 is 0 Å². The Morgan fingerprint density at radius 1 is 1.29 bits per heavy atom. The van der Waals surface area contributed by atoms with Gasteiger partial charge in [0.15, 0.2) is 0 Å². The van der Waals surface area contributed by atoms with Crippen LogP contribution < -0.4 is 0 Å². The molecule has 0 unspecified atom stereocenters. The van der Waals surface area contributed by atoms with Gasteiger partial charge in [0.1, 0.15) is 0 Å². The highest BCUT2D eigenvalue weighted by molar-refractivity contribution is 7.98. The van der Waals surface area contributed by atoms with E-state index in [-0.39, 0.29) is 0 Å². The predicted octanol–water partition coefficient (Wildman–Crippen LogP) is 4.78. The van der Waals surface area contributed by atoms with E-state index in [0.717, 1.165) is 5.75 Å². The molecular weight excluding hydrogens is 226 g/mol. The van der Waals surface area contributed by atoms with Gasteiger partial charge in [0.25, 0.3) is 0 Å². The maximum atomic E-state index is 2.40. The average molecular weight is 247 g/mol. The SMILES string of the molecule is CCSCc1cn(C(C)C)c2cc(C)ccc12. The quantitative estimate of drug-likeness (QED) is 0.752. The van der Waals surface area contributed by atoms with Crippen LogP contribution >= 0.6 is 11.8 Å². The molecule has 92 valence electrons. The zero-order valence-corrected chi connectivity index (χ0v) is 12.0. The number of rotatable bonds is 4. The lowest BCUT2D eigenvalue weighted by atomic mass is 10.1. The fourth-order valence-electron chi connectivity index (χ4n) is 2.19. The maximum Gasteiger partial charge on any atom is 0.0488 e. The first-order chi connectivity index (χ1) is 8.13. The van der Waals surface area contributed by atoms with Crippen LogP contribution in [-0.4, -0.2) is 10.3 Å². The first-order valence-electron chi connectivity index (χ1n) is 6.31. The largest absolute Gasteiger partial charge is 0.345 e. The predicted molar refractivity (Wildman–Crippen MR) is 78.9 cm³/mol. The van der Waals surface area contributed by atoms with E-state index in [2.05, 4.69) is 56.7 Å². The van der Waals surface area contributed by atoms with Gasteiger partial charge in [-0.25, -0.2) is 0 Å². The van der Waals surface area contributed by atoms with E-state index in [1.165, 1.54) is 27.8 Å². The average Bonchev–Trinajstić information content (AvgIpc) is 2.64. The van der Waals surface area contributed by atoms with Crippen LogP contribution in [0.15, 0.2) is 24.4 Å². The third kappa shape index (κ3) is 2.52. The van der Waals surface area contributed by atoms with Crippen molar-refractivity contribution < 1.29 is 0 Å². The summed E-state index contributed by atoms with van der Waals surface area (Å²) in [5.74, 6) is 2.30. The molecule has 0 radical (unpaired) electrons. The smallest absolute Gasteiger partial charge is 0.0488 e. The van der Waals surface area contributed by atoms with E-state index in [0.29, 0.717) is 6.04 Å². The van der Waals surface area contributed by atoms with Crippen molar-refractivity contribution in [2.45, 2.75) is 39.5 Å². The van der Waals surface area contributed by atoms with Crippen LogP contribution in [0.4, 0.5) is 0 Å². The first-order valence-corrected chi connectivity index (χ1v) is 7.46. The zero-order valence-electron chi connectivity index (χ0n) is 11.2. The minimum Gasteiger partial charge on any atom is -0.345 e. The molecule has 1 heterocycles. The van der Waals surface area contributed by atoms with Gasteiger partial charge in [-0.3, -0.25) is 0 Å². The molecule has 0 saturated carbocycles. The van der Waals surface area contributed by atoms with Crippen LogP contribution in [0.1, 0.15) is 37.9 Å². The Bertz CT molecular complexity index is 511. The van der Waals surface area contributed by atoms with Crippen molar-refractivity contribution in [1.82, 2.24) is 4.57 Å². The van der Waals surface area contributed by atoms with Gasteiger partial charge >= 0.3 is 0 Å². The summed E-state index contributed by atoms with van der Waals surface area (Å²) < 4.78 is 2.40. The molecule has 0 bridgehead atoms. The van der Waals surface area contributed by atoms with Gasteiger partial charge < -0.3 is 4.57 Å². The molecule has 0 aliphatic carbocycles. The number of aromatic nitrogens is 1. The van der Waals surface area contributed by atoms with Crippen molar-refractivity contribution in [3.8, 4) is 0 Å². The normalized spacial score (nSPS) is 11.6. The Balaban J connectivity index is 2.54. The number of aryl methyl sites for hydroxylation is 1. The van der Waals surface area contributed by atoms with Gasteiger partial charge in [0, 0.05) is 28.9 Å². The monoisotopic (exact) mass is 247 g/mol. The molecule has 0 fully saturated rings. The highest BCUT2D eigenvalue weighted by Gasteiger charge is 2.10. The van der Waals surface area contributed by atoms with Crippen LogP contribution in [0, 0.1) is 6.92 Å². The van der Waals surface area contributed by atoms with Gasteiger partial charge in [0.05, 0.1) is 0 Å². The van der Waals surface area contributed by atoms with Crippen LogP contribution in [-0.2, 0) is 5.75 Å². The van der Waals surface area contributed by atoms with Crippen LogP contribution in [0.2, 0.25) is 0 Å². The minimum atomic E-state index is 0.527. The molecule has 0 spiro atoms. The number of hydrogen-bond donors (Lipinski definition) is 0. The van der Waals surface area contributed by atoms with Crippen molar-refractivity contribution in [2.24, 2.45) is 0 Å². The summed E-state index contributed by atoms with van der Waals surface area (Å²) >= 11 is 1.99. The number of hydrogen-bond acceptors (Lipinski definition) is 1. The van der Waals surface area contributed by atoms with Gasteiger partial charge in [-0.1, -0.05) is 19.1 Å². The number of fused-ring (bicyclic) bond motifs is 1. The van der Waals surface area contributed by atoms with Gasteiger partial charge in [-0.05, 0) is 43.7 Å². The van der Waals surface area contributed by atoms with E-state index in [1.807, 2.05) is 11.8 Å². The van der Waals surface area contributed by atoms with Crippen molar-refractivity contribution in [3.63, 3.8) is 0 Å². The number of thioether (sulfide) groups is 1. The van der Waals surface area contributed by atoms with Crippen molar-refractivity contribution in [3.05, 3.63) is 35.5 Å². The molecule has 2 aromatic rings. The van der Waals surface area contributed by atoms with Crippen LogP contribution in [0.25, 0.3) is 10.9 Å². The Morgan fingerprint density at radius 2 is 2.06 bits per heavy atom. The molecule has 0 amide bonds. The summed E-state index contributed by atoms with van der Waals surface area (Å²) in [6.07, 6.45) is 2.33. The van der Waals surface area contributed by atoms with Crippen molar-refractivity contribution in [2.75, 3.05) is 5.75 Å². The fourth-order valence-corrected chi connectivity index (χ4v) is 2.84. The highest BCUT2D eigenvalue weighted by Crippen LogP contribution is 2.28. The second kappa shape index (κ2) is 5.18. The lowest BCUT2D eigenvalue weighted by molar-refractivity contribution is 0.621. The van der Waals surface area contributed by atoms with Crippen LogP contribution in [0.5, 0.6) is 0 Å². The van der Waals surface area contributed by atoms with Crippen molar-refractivity contribution >= 4 is 22.7 Å². The van der Waals surface area contributed by atoms with E-state index in [4.69, 9.17) is 0 Å². The van der Waals surface area contributed by atoms with Crippen LogP contribution in [0.3, 0.4) is 0 Å². The molecule has 0 saturated heterocycles. The van der Waals surface area contributed by atoms with Crippen molar-refractivity contribution in [1.29, 1.82) is 0 Å². The molecular formula is C15H21NS. The van der Waals surface area contributed by atoms with Gasteiger partial charge in [-0.2, -0.15) is 11.8 Å². The molecule has 2 heteroatoms. The molecule has 0 N–H and O–H groups in total. The minimum absolute atomic E-state index is 0.527. The lowest BCUT2D eigenvalue weighted by Gasteiger charge is -2.09. The second-order valence-electron chi connectivity index (χ2n) is 4.81. The third-order valence-electron chi connectivity index (χ3n) is 3.09. The molecule has 0 aliphatic rings. The van der Waals surface area contributed by atoms with E-state index in [1.54, 1.807) is 0 Å². The molecule has 0 aliphatic heterocycles. The van der Waals surface area contributed by atoms with Gasteiger partial charge in [0.2, 0.25) is 0 Å². The molecule has 0 atom stereocenters. The van der Waals surface area contributed by atoms with E-state index >= 15 is 0 Å². The summed E-state index contributed by atoms with van der Waals surface area (Å²) in [6.45, 7) is 8.88. The summed E-state index contributed by atoms with van der Waals surface area (Å²) in [5, 5.41) is 1.42. The molecule has 1 aromatic carbocycles. The third-order valence-corrected chi connectivity index (χ3v) is 4.01. The molecule has 17 heavy (non-hydrogen) atoms. The number of benzene rings is 1. The topological polar surface area (TPSA) is 4.93 Å². The lowest BCUT2D eigenvalue weighted by Crippen LogP contribution is -1.98. The Morgan fingerprint density at radius 3 is 2.71 bits per heavy atom. The molecule has 1 nitrogen and oxygen atoms in total. The first kappa shape index (κ1) is 12.6. The summed E-state index contributed by atoms with van der Waals surface area (Å²) in [5.41, 5.74) is 4.19. The maximum absolute atomic E-state index is 2.40. The Kier molecular flexibility index (Phi) is 3.82. The standard InChI is InChI=1S/C15H21NS/c1-5-17-10-13-9-16(11(2)3)15-8-12(4)6-7-14(13)15/h6-9,11H,5,10H2,1-4H3. The zero-order chi connectivity index (χ0) is 12.4. The molecule has 2 rings (SSSR count). The Hall–Kier alpha value is -0.890.